The van der Waals surface area contributed by atoms with Crippen molar-refractivity contribution in [2.24, 2.45) is 5.73 Å². The first-order valence-electron chi connectivity index (χ1n) is 5.02. The summed E-state index contributed by atoms with van der Waals surface area (Å²) in [5.74, 6) is 0.620. The van der Waals surface area contributed by atoms with Crippen LogP contribution in [-0.2, 0) is 0 Å². The first kappa shape index (κ1) is 12.4. The van der Waals surface area contributed by atoms with Gasteiger partial charge in [-0.25, -0.2) is 4.98 Å². The number of nitro groups is 1. The molecule has 88 valence electrons. The van der Waals surface area contributed by atoms with Gasteiger partial charge in [0.25, 0.3) is 5.69 Å². The maximum atomic E-state index is 10.4. The van der Waals surface area contributed by atoms with Gasteiger partial charge in [-0.15, -0.1) is 0 Å². The van der Waals surface area contributed by atoms with Crippen LogP contribution in [0, 0.1) is 10.1 Å². The lowest BCUT2D eigenvalue weighted by atomic mass is 10.0. The Labute approximate surface area is 94.0 Å². The van der Waals surface area contributed by atoms with Gasteiger partial charge in [0.05, 0.1) is 4.92 Å². The minimum absolute atomic E-state index is 0.00953. The summed E-state index contributed by atoms with van der Waals surface area (Å²) >= 11 is 0. The average Bonchev–Trinajstić information content (AvgIpc) is 2.16. The van der Waals surface area contributed by atoms with E-state index < -0.39 is 4.92 Å². The zero-order chi connectivity index (χ0) is 12.2. The van der Waals surface area contributed by atoms with Gasteiger partial charge in [0.2, 0.25) is 0 Å². The third-order valence-electron chi connectivity index (χ3n) is 2.03. The topological polar surface area (TPSA) is 94.1 Å². The largest absolute Gasteiger partial charge is 0.370 e. The Bertz CT molecular complexity index is 356. The van der Waals surface area contributed by atoms with Gasteiger partial charge in [0, 0.05) is 18.2 Å². The summed E-state index contributed by atoms with van der Waals surface area (Å²) in [6.07, 6.45) is 2.03. The number of nitrogens with two attached hydrogens (primary N) is 1. The highest BCUT2D eigenvalue weighted by atomic mass is 16.6. The van der Waals surface area contributed by atoms with Crippen LogP contribution in [0.4, 0.5) is 11.5 Å². The van der Waals surface area contributed by atoms with Gasteiger partial charge in [0.15, 0.2) is 0 Å². The van der Waals surface area contributed by atoms with E-state index in [4.69, 9.17) is 5.73 Å². The fourth-order valence-corrected chi connectivity index (χ4v) is 1.11. The molecule has 0 saturated carbocycles. The predicted molar refractivity (Wildman–Crippen MR) is 62.3 cm³/mol. The van der Waals surface area contributed by atoms with Gasteiger partial charge >= 0.3 is 0 Å². The van der Waals surface area contributed by atoms with E-state index in [1.54, 1.807) is 6.07 Å². The molecule has 0 aliphatic rings. The van der Waals surface area contributed by atoms with Gasteiger partial charge in [0.1, 0.15) is 12.0 Å². The van der Waals surface area contributed by atoms with Gasteiger partial charge in [-0.2, -0.15) is 0 Å². The van der Waals surface area contributed by atoms with Crippen LogP contribution < -0.4 is 11.1 Å². The van der Waals surface area contributed by atoms with E-state index in [0.717, 1.165) is 6.42 Å². The Hall–Kier alpha value is -1.69. The molecule has 0 aliphatic carbocycles. The molecule has 0 aromatic carbocycles. The summed E-state index contributed by atoms with van der Waals surface area (Å²) < 4.78 is 0. The fraction of sp³-hybridized carbons (Fsp3) is 0.500. The number of nitrogens with zero attached hydrogens (tertiary/aromatic N) is 2. The second-order valence-electron chi connectivity index (χ2n) is 4.32. The Kier molecular flexibility index (Phi) is 3.78. The van der Waals surface area contributed by atoms with Crippen LogP contribution in [-0.4, -0.2) is 22.0 Å². The summed E-state index contributed by atoms with van der Waals surface area (Å²) in [4.78, 5) is 13.8. The van der Waals surface area contributed by atoms with Crippen LogP contribution in [0.1, 0.15) is 20.3 Å². The van der Waals surface area contributed by atoms with Crippen molar-refractivity contribution >= 4 is 11.5 Å². The van der Waals surface area contributed by atoms with Crippen LogP contribution in [0.15, 0.2) is 18.3 Å². The summed E-state index contributed by atoms with van der Waals surface area (Å²) in [5.41, 5.74) is 5.58. The van der Waals surface area contributed by atoms with Crippen molar-refractivity contribution < 1.29 is 4.92 Å². The lowest BCUT2D eigenvalue weighted by molar-refractivity contribution is -0.385. The highest BCUT2D eigenvalue weighted by molar-refractivity contribution is 5.39. The van der Waals surface area contributed by atoms with Crippen LogP contribution in [0.5, 0.6) is 0 Å². The predicted octanol–water partition coefficient (Wildman–Crippen LogP) is 1.53. The molecule has 0 saturated heterocycles. The van der Waals surface area contributed by atoms with E-state index in [2.05, 4.69) is 10.3 Å². The first-order chi connectivity index (χ1) is 7.38. The lowest BCUT2D eigenvalue weighted by Crippen LogP contribution is -2.34. The summed E-state index contributed by atoms with van der Waals surface area (Å²) in [7, 11) is 0. The van der Waals surface area contributed by atoms with Crippen molar-refractivity contribution in [3.8, 4) is 0 Å². The highest BCUT2D eigenvalue weighted by Gasteiger charge is 2.10. The number of hydrogen-bond acceptors (Lipinski definition) is 5. The lowest BCUT2D eigenvalue weighted by Gasteiger charge is -2.18. The molecule has 1 rings (SSSR count). The molecule has 0 unspecified atom stereocenters. The molecule has 1 aromatic heterocycles. The number of aromatic nitrogens is 1. The first-order valence-corrected chi connectivity index (χ1v) is 5.02. The second-order valence-corrected chi connectivity index (χ2v) is 4.32. The van der Waals surface area contributed by atoms with Crippen molar-refractivity contribution in [2.45, 2.75) is 25.8 Å². The molecule has 1 heterocycles. The molecule has 0 aliphatic heterocycles. The monoisotopic (exact) mass is 224 g/mol. The molecule has 3 N–H and O–H groups in total. The van der Waals surface area contributed by atoms with Crippen molar-refractivity contribution in [1.82, 2.24) is 4.98 Å². The number of pyridine rings is 1. The SMILES string of the molecule is CC(C)(N)CCNc1ccc([N+](=O)[O-])cn1. The fourth-order valence-electron chi connectivity index (χ4n) is 1.11. The molecule has 6 nitrogen and oxygen atoms in total. The summed E-state index contributed by atoms with van der Waals surface area (Å²) in [6.45, 7) is 4.57. The molecule has 0 fully saturated rings. The third kappa shape index (κ3) is 4.22. The maximum Gasteiger partial charge on any atom is 0.287 e. The Morgan fingerprint density at radius 2 is 2.25 bits per heavy atom. The van der Waals surface area contributed by atoms with Crippen LogP contribution in [0.3, 0.4) is 0 Å². The second kappa shape index (κ2) is 4.89. The Balaban J connectivity index is 2.47. The Morgan fingerprint density at radius 1 is 1.56 bits per heavy atom. The number of rotatable bonds is 5. The zero-order valence-electron chi connectivity index (χ0n) is 9.43. The van der Waals surface area contributed by atoms with Crippen molar-refractivity contribution in [3.63, 3.8) is 0 Å². The molecule has 0 amide bonds. The molecule has 0 radical (unpaired) electrons. The maximum absolute atomic E-state index is 10.4. The van der Waals surface area contributed by atoms with Gasteiger partial charge in [-0.1, -0.05) is 0 Å². The van der Waals surface area contributed by atoms with Crippen LogP contribution in [0.2, 0.25) is 0 Å². The van der Waals surface area contributed by atoms with Crippen LogP contribution >= 0.6 is 0 Å². The highest BCUT2D eigenvalue weighted by Crippen LogP contribution is 2.12. The van der Waals surface area contributed by atoms with E-state index in [1.807, 2.05) is 13.8 Å². The van der Waals surface area contributed by atoms with E-state index in [0.29, 0.717) is 12.4 Å². The molecule has 6 heteroatoms. The van der Waals surface area contributed by atoms with E-state index in [1.165, 1.54) is 12.3 Å². The number of anilines is 1. The van der Waals surface area contributed by atoms with Gasteiger partial charge in [-0.05, 0) is 26.3 Å². The molecule has 0 bridgehead atoms. The minimum atomic E-state index is -0.472. The average molecular weight is 224 g/mol. The number of hydrogen-bond donors (Lipinski definition) is 2. The molecular formula is C10H16N4O2. The van der Waals surface area contributed by atoms with Crippen LogP contribution in [0.25, 0.3) is 0 Å². The van der Waals surface area contributed by atoms with E-state index in [-0.39, 0.29) is 11.2 Å². The zero-order valence-corrected chi connectivity index (χ0v) is 9.43. The smallest absolute Gasteiger partial charge is 0.287 e. The minimum Gasteiger partial charge on any atom is -0.370 e. The van der Waals surface area contributed by atoms with Gasteiger partial charge < -0.3 is 11.1 Å². The molecule has 0 atom stereocenters. The summed E-state index contributed by atoms with van der Waals surface area (Å²) in [6, 6.07) is 3.00. The number of nitrogens with one attached hydrogen (secondary N) is 1. The van der Waals surface area contributed by atoms with Crippen molar-refractivity contribution in [1.29, 1.82) is 0 Å². The molecule has 0 spiro atoms. The van der Waals surface area contributed by atoms with Crippen molar-refractivity contribution in [2.75, 3.05) is 11.9 Å². The van der Waals surface area contributed by atoms with E-state index >= 15 is 0 Å². The molecule has 1 aromatic rings. The Morgan fingerprint density at radius 3 is 2.69 bits per heavy atom. The van der Waals surface area contributed by atoms with Crippen molar-refractivity contribution in [3.05, 3.63) is 28.4 Å². The molecular weight excluding hydrogens is 208 g/mol. The normalized spacial score (nSPS) is 11.2. The molecule has 16 heavy (non-hydrogen) atoms. The summed E-state index contributed by atoms with van der Waals surface area (Å²) in [5, 5.41) is 13.4. The van der Waals surface area contributed by atoms with Gasteiger partial charge in [-0.3, -0.25) is 10.1 Å². The van der Waals surface area contributed by atoms with E-state index in [9.17, 15) is 10.1 Å². The standard InChI is InChI=1S/C10H16N4O2/c1-10(2,11)5-6-12-9-4-3-8(7-13-9)14(15)16/h3-4,7H,5-6,11H2,1-2H3,(H,12,13). The third-order valence-corrected chi connectivity index (χ3v) is 2.03. The quantitative estimate of drug-likeness (QED) is 0.584.